The van der Waals surface area contributed by atoms with E-state index in [2.05, 4.69) is 20.6 Å². The Hall–Kier alpha value is -2.67. The van der Waals surface area contributed by atoms with Gasteiger partial charge in [0.15, 0.2) is 0 Å². The Bertz CT molecular complexity index is 604. The Balaban J connectivity index is 1.83. The second kappa shape index (κ2) is 8.70. The first kappa shape index (κ1) is 16.7. The second-order valence-corrected chi connectivity index (χ2v) is 4.83. The number of rotatable bonds is 7. The van der Waals surface area contributed by atoms with Crippen LogP contribution in [0.5, 0.6) is 5.88 Å². The number of aromatic nitrogens is 2. The van der Waals surface area contributed by atoms with Gasteiger partial charge in [0.1, 0.15) is 6.61 Å². The highest BCUT2D eigenvalue weighted by Gasteiger charge is 2.09. The van der Waals surface area contributed by atoms with Gasteiger partial charge in [-0.3, -0.25) is 4.98 Å². The van der Waals surface area contributed by atoms with E-state index < -0.39 is 0 Å². The number of amides is 2. The molecule has 2 aromatic heterocycles. The number of nitrogens with one attached hydrogen (secondary N) is 2. The molecule has 0 bridgehead atoms. The summed E-state index contributed by atoms with van der Waals surface area (Å²) in [6, 6.07) is 6.72. The number of hydrogen-bond acceptors (Lipinski definition) is 5. The van der Waals surface area contributed by atoms with E-state index in [0.717, 1.165) is 5.56 Å². The molecule has 0 fully saturated rings. The van der Waals surface area contributed by atoms with Gasteiger partial charge in [-0.2, -0.15) is 0 Å². The van der Waals surface area contributed by atoms with E-state index >= 15 is 0 Å². The van der Waals surface area contributed by atoms with E-state index in [1.54, 1.807) is 37.8 Å². The Labute approximate surface area is 135 Å². The average Bonchev–Trinajstić information content (AvgIpc) is 2.57. The van der Waals surface area contributed by atoms with E-state index in [9.17, 15) is 4.79 Å². The van der Waals surface area contributed by atoms with Gasteiger partial charge in [-0.05, 0) is 30.7 Å². The number of carbonyl (C=O) groups is 1. The number of methoxy groups -OCH3 is 1. The topological polar surface area (TPSA) is 85.4 Å². The van der Waals surface area contributed by atoms with Gasteiger partial charge in [-0.15, -0.1) is 0 Å². The fourth-order valence-electron chi connectivity index (χ4n) is 1.87. The van der Waals surface area contributed by atoms with Crippen LogP contribution in [0.2, 0.25) is 0 Å². The van der Waals surface area contributed by atoms with Crippen molar-refractivity contribution in [1.82, 2.24) is 15.3 Å². The fourth-order valence-corrected chi connectivity index (χ4v) is 1.87. The van der Waals surface area contributed by atoms with E-state index in [1.165, 1.54) is 0 Å². The maximum absolute atomic E-state index is 12.0. The molecule has 23 heavy (non-hydrogen) atoms. The molecule has 0 radical (unpaired) electrons. The summed E-state index contributed by atoms with van der Waals surface area (Å²) in [6.45, 7) is 2.83. The standard InChI is InChI=1S/C16H20N4O3/c1-12(13-5-7-17-8-6-13)19-16(21)20-14-3-4-15(18-11-14)23-10-9-22-2/h3-8,11-12H,9-10H2,1-2H3,(H2,19,20,21)/t12-/m1/s1. The molecule has 0 aromatic carbocycles. The van der Waals surface area contributed by atoms with E-state index in [-0.39, 0.29) is 12.1 Å². The van der Waals surface area contributed by atoms with Gasteiger partial charge in [0.25, 0.3) is 0 Å². The monoisotopic (exact) mass is 316 g/mol. The smallest absolute Gasteiger partial charge is 0.319 e. The van der Waals surface area contributed by atoms with Gasteiger partial charge in [-0.1, -0.05) is 0 Å². The van der Waals surface area contributed by atoms with Crippen LogP contribution in [-0.2, 0) is 4.74 Å². The summed E-state index contributed by atoms with van der Waals surface area (Å²) >= 11 is 0. The number of nitrogens with zero attached hydrogens (tertiary/aromatic N) is 2. The summed E-state index contributed by atoms with van der Waals surface area (Å²) in [5.41, 5.74) is 1.57. The predicted molar refractivity (Wildman–Crippen MR) is 86.4 cm³/mol. The third-order valence-electron chi connectivity index (χ3n) is 3.09. The molecule has 0 saturated carbocycles. The van der Waals surface area contributed by atoms with Gasteiger partial charge >= 0.3 is 6.03 Å². The van der Waals surface area contributed by atoms with Crippen LogP contribution in [0.15, 0.2) is 42.9 Å². The van der Waals surface area contributed by atoms with Crippen molar-refractivity contribution in [3.63, 3.8) is 0 Å². The molecule has 0 aliphatic heterocycles. The first-order valence-electron chi connectivity index (χ1n) is 7.24. The summed E-state index contributed by atoms with van der Waals surface area (Å²) in [6.07, 6.45) is 4.92. The molecular formula is C16H20N4O3. The van der Waals surface area contributed by atoms with Crippen LogP contribution in [0.1, 0.15) is 18.5 Å². The van der Waals surface area contributed by atoms with Crippen molar-refractivity contribution >= 4 is 11.7 Å². The number of ether oxygens (including phenoxy) is 2. The third kappa shape index (κ3) is 5.55. The predicted octanol–water partition coefficient (Wildman–Crippen LogP) is 2.38. The lowest BCUT2D eigenvalue weighted by molar-refractivity contribution is 0.144. The summed E-state index contributed by atoms with van der Waals surface area (Å²) in [5.74, 6) is 0.484. The van der Waals surface area contributed by atoms with Crippen LogP contribution in [0, 0.1) is 0 Å². The molecule has 2 aromatic rings. The molecule has 0 spiro atoms. The largest absolute Gasteiger partial charge is 0.475 e. The molecule has 0 aliphatic carbocycles. The Kier molecular flexibility index (Phi) is 6.31. The van der Waals surface area contributed by atoms with Crippen LogP contribution in [-0.4, -0.2) is 36.3 Å². The molecule has 0 aliphatic rings. The lowest BCUT2D eigenvalue weighted by Crippen LogP contribution is -2.31. The lowest BCUT2D eigenvalue weighted by Gasteiger charge is -2.14. The zero-order valence-electron chi connectivity index (χ0n) is 13.2. The number of carbonyl (C=O) groups excluding carboxylic acids is 1. The van der Waals surface area contributed by atoms with Crippen molar-refractivity contribution in [2.24, 2.45) is 0 Å². The molecule has 0 unspecified atom stereocenters. The minimum Gasteiger partial charge on any atom is -0.475 e. The highest BCUT2D eigenvalue weighted by atomic mass is 16.5. The highest BCUT2D eigenvalue weighted by Crippen LogP contribution is 2.13. The van der Waals surface area contributed by atoms with E-state index in [4.69, 9.17) is 9.47 Å². The molecule has 7 nitrogen and oxygen atoms in total. The molecule has 7 heteroatoms. The fraction of sp³-hybridized carbons (Fsp3) is 0.312. The van der Waals surface area contributed by atoms with Gasteiger partial charge in [0, 0.05) is 25.6 Å². The molecule has 0 saturated heterocycles. The summed E-state index contributed by atoms with van der Waals surface area (Å²) in [4.78, 5) is 20.0. The van der Waals surface area contributed by atoms with Crippen molar-refractivity contribution in [3.05, 3.63) is 48.4 Å². The van der Waals surface area contributed by atoms with Gasteiger partial charge in [-0.25, -0.2) is 9.78 Å². The molecule has 2 amide bonds. The minimum absolute atomic E-state index is 0.123. The Morgan fingerprint density at radius 3 is 2.65 bits per heavy atom. The molecule has 1 atom stereocenters. The number of pyridine rings is 2. The van der Waals surface area contributed by atoms with Crippen LogP contribution in [0.4, 0.5) is 10.5 Å². The van der Waals surface area contributed by atoms with Crippen molar-refractivity contribution in [2.75, 3.05) is 25.6 Å². The molecule has 2 N–H and O–H groups in total. The highest BCUT2D eigenvalue weighted by molar-refractivity contribution is 5.89. The van der Waals surface area contributed by atoms with E-state index in [0.29, 0.717) is 24.8 Å². The number of anilines is 1. The zero-order valence-corrected chi connectivity index (χ0v) is 13.2. The summed E-state index contributed by atoms with van der Waals surface area (Å²) in [5, 5.41) is 5.58. The first-order chi connectivity index (χ1) is 11.2. The van der Waals surface area contributed by atoms with Crippen LogP contribution >= 0.6 is 0 Å². The zero-order chi connectivity index (χ0) is 16.5. The van der Waals surface area contributed by atoms with Gasteiger partial charge < -0.3 is 20.1 Å². The molecule has 2 heterocycles. The quantitative estimate of drug-likeness (QED) is 0.766. The molecule has 2 rings (SSSR count). The first-order valence-corrected chi connectivity index (χ1v) is 7.24. The summed E-state index contributed by atoms with van der Waals surface area (Å²) < 4.78 is 10.2. The van der Waals surface area contributed by atoms with Gasteiger partial charge in [0.05, 0.1) is 24.5 Å². The number of hydrogen-bond donors (Lipinski definition) is 2. The van der Waals surface area contributed by atoms with Crippen molar-refractivity contribution in [1.29, 1.82) is 0 Å². The third-order valence-corrected chi connectivity index (χ3v) is 3.09. The SMILES string of the molecule is COCCOc1ccc(NC(=O)N[C@H](C)c2ccncc2)cn1. The number of urea groups is 1. The van der Waals surface area contributed by atoms with Crippen molar-refractivity contribution in [2.45, 2.75) is 13.0 Å². The van der Waals surface area contributed by atoms with Crippen LogP contribution in [0.25, 0.3) is 0 Å². The minimum atomic E-state index is -0.302. The summed E-state index contributed by atoms with van der Waals surface area (Å²) in [7, 11) is 1.61. The average molecular weight is 316 g/mol. The van der Waals surface area contributed by atoms with E-state index in [1.807, 2.05) is 19.1 Å². The molecular weight excluding hydrogens is 296 g/mol. The van der Waals surface area contributed by atoms with Crippen LogP contribution in [0.3, 0.4) is 0 Å². The van der Waals surface area contributed by atoms with Crippen LogP contribution < -0.4 is 15.4 Å². The maximum atomic E-state index is 12.0. The van der Waals surface area contributed by atoms with Crippen molar-refractivity contribution < 1.29 is 14.3 Å². The molecule has 122 valence electrons. The maximum Gasteiger partial charge on any atom is 0.319 e. The van der Waals surface area contributed by atoms with Gasteiger partial charge in [0.2, 0.25) is 5.88 Å². The Morgan fingerprint density at radius 1 is 1.22 bits per heavy atom. The Morgan fingerprint density at radius 2 is 2.00 bits per heavy atom. The lowest BCUT2D eigenvalue weighted by atomic mass is 10.1. The van der Waals surface area contributed by atoms with Crippen molar-refractivity contribution in [3.8, 4) is 5.88 Å². The normalized spacial score (nSPS) is 11.6. The second-order valence-electron chi connectivity index (χ2n) is 4.83.